The van der Waals surface area contributed by atoms with E-state index in [1.807, 2.05) is 30.5 Å². The van der Waals surface area contributed by atoms with Crippen molar-refractivity contribution < 1.29 is 14.0 Å². The highest BCUT2D eigenvalue weighted by Gasteiger charge is 2.25. The van der Waals surface area contributed by atoms with Crippen LogP contribution in [0.5, 0.6) is 0 Å². The van der Waals surface area contributed by atoms with Crippen LogP contribution in [0.3, 0.4) is 0 Å². The van der Waals surface area contributed by atoms with Gasteiger partial charge in [-0.05, 0) is 41.8 Å². The van der Waals surface area contributed by atoms with Gasteiger partial charge in [0.15, 0.2) is 0 Å². The van der Waals surface area contributed by atoms with E-state index in [9.17, 15) is 9.59 Å². The topological polar surface area (TPSA) is 72.2 Å². The molecule has 1 aliphatic rings. The first-order valence-corrected chi connectivity index (χ1v) is 9.45. The highest BCUT2D eigenvalue weighted by molar-refractivity contribution is 8.18. The van der Waals surface area contributed by atoms with Gasteiger partial charge in [0, 0.05) is 34.3 Å². The molecule has 1 aliphatic heterocycles. The van der Waals surface area contributed by atoms with Gasteiger partial charge in [-0.1, -0.05) is 12.1 Å². The van der Waals surface area contributed by atoms with Gasteiger partial charge in [-0.25, -0.2) is 0 Å². The number of furan rings is 1. The molecular weight excluding hydrogens is 356 g/mol. The van der Waals surface area contributed by atoms with E-state index in [4.69, 9.17) is 4.42 Å². The monoisotopic (exact) mass is 368 g/mol. The van der Waals surface area contributed by atoms with Crippen LogP contribution in [0.1, 0.15) is 5.76 Å². The molecule has 1 aromatic carbocycles. The van der Waals surface area contributed by atoms with E-state index in [0.29, 0.717) is 16.2 Å². The number of fused-ring (bicyclic) bond motifs is 1. The average Bonchev–Trinajstić information content (AvgIpc) is 3.17. The minimum atomic E-state index is -0.401. The fourth-order valence-corrected chi connectivity index (χ4v) is 3.72. The second kappa shape index (κ2) is 6.42. The van der Waals surface area contributed by atoms with Crippen LogP contribution in [0.25, 0.3) is 28.2 Å². The third-order valence-electron chi connectivity index (χ3n) is 3.74. The van der Waals surface area contributed by atoms with Crippen molar-refractivity contribution in [3.63, 3.8) is 0 Å². The van der Waals surface area contributed by atoms with Gasteiger partial charge < -0.3 is 4.42 Å². The Kier molecular flexibility index (Phi) is 4.10. The van der Waals surface area contributed by atoms with E-state index < -0.39 is 5.91 Å². The second-order valence-corrected chi connectivity index (χ2v) is 7.23. The van der Waals surface area contributed by atoms with E-state index in [1.54, 1.807) is 30.2 Å². The highest BCUT2D eigenvalue weighted by atomic mass is 32.2. The van der Waals surface area contributed by atoms with Gasteiger partial charge >= 0.3 is 0 Å². The first-order chi connectivity index (χ1) is 12.1. The summed E-state index contributed by atoms with van der Waals surface area (Å²) in [5, 5.41) is 2.70. The highest BCUT2D eigenvalue weighted by Crippen LogP contribution is 2.33. The summed E-state index contributed by atoms with van der Waals surface area (Å²) < 4.78 is 5.94. The van der Waals surface area contributed by atoms with E-state index in [1.165, 1.54) is 0 Å². The summed E-state index contributed by atoms with van der Waals surface area (Å²) in [5.74, 6) is 0.110. The molecule has 3 aromatic rings. The number of hydrogen-bond acceptors (Lipinski definition) is 6. The molecule has 0 aliphatic carbocycles. The minimum absolute atomic E-state index is 0.322. The Morgan fingerprint density at radius 1 is 1.24 bits per heavy atom. The third kappa shape index (κ3) is 3.08. The standard InChI is InChI=1S/C18H12N2O3S2/c1-24-13-4-2-3-10(6-13)14-9-19-8-11-5-12(23-16(11)14)7-15-17(21)20-18(22)25-15/h2-9H,1H3,(H,20,21,22)/b15-7+. The van der Waals surface area contributed by atoms with Crippen LogP contribution < -0.4 is 5.32 Å². The number of carbonyl (C=O) groups is 2. The Labute approximate surface area is 151 Å². The molecule has 0 radical (unpaired) electrons. The number of pyridine rings is 1. The van der Waals surface area contributed by atoms with E-state index in [-0.39, 0.29) is 5.24 Å². The number of nitrogens with zero attached hydrogens (tertiary/aromatic N) is 1. The molecule has 0 unspecified atom stereocenters. The third-order valence-corrected chi connectivity index (χ3v) is 5.27. The number of imide groups is 1. The smallest absolute Gasteiger partial charge is 0.290 e. The number of nitrogens with one attached hydrogen (secondary N) is 1. The number of benzene rings is 1. The van der Waals surface area contributed by atoms with E-state index >= 15 is 0 Å². The molecule has 0 saturated carbocycles. The van der Waals surface area contributed by atoms with Gasteiger partial charge in [-0.2, -0.15) is 0 Å². The molecular formula is C18H12N2O3S2. The lowest BCUT2D eigenvalue weighted by Gasteiger charge is -2.04. The first kappa shape index (κ1) is 16.0. The van der Waals surface area contributed by atoms with Gasteiger partial charge in [0.1, 0.15) is 11.3 Å². The van der Waals surface area contributed by atoms with Crippen LogP contribution in [-0.2, 0) is 4.79 Å². The zero-order chi connectivity index (χ0) is 17.4. The number of aromatic nitrogens is 1. The fraction of sp³-hybridized carbons (Fsp3) is 0.0556. The summed E-state index contributed by atoms with van der Waals surface area (Å²) in [4.78, 5) is 28.7. The largest absolute Gasteiger partial charge is 0.456 e. The van der Waals surface area contributed by atoms with Gasteiger partial charge in [0.2, 0.25) is 0 Å². The zero-order valence-corrected chi connectivity index (χ0v) is 14.7. The molecule has 2 aromatic heterocycles. The number of hydrogen-bond donors (Lipinski definition) is 1. The predicted octanol–water partition coefficient (Wildman–Crippen LogP) is 4.54. The number of rotatable bonds is 3. The SMILES string of the molecule is CSc1cccc(-c2cncc3cc(/C=C4/SC(=O)NC4=O)oc23)c1. The molecule has 0 bridgehead atoms. The minimum Gasteiger partial charge on any atom is -0.456 e. The molecule has 4 rings (SSSR count). The molecule has 124 valence electrons. The van der Waals surface area contributed by atoms with Gasteiger partial charge in [0.25, 0.3) is 11.1 Å². The predicted molar refractivity (Wildman–Crippen MR) is 100 cm³/mol. The lowest BCUT2D eigenvalue weighted by Crippen LogP contribution is -2.17. The summed E-state index contributed by atoms with van der Waals surface area (Å²) in [6.45, 7) is 0. The maximum Gasteiger partial charge on any atom is 0.290 e. The summed E-state index contributed by atoms with van der Waals surface area (Å²) in [5.41, 5.74) is 2.61. The number of carbonyl (C=O) groups excluding carboxylic acids is 2. The maximum absolute atomic E-state index is 11.7. The van der Waals surface area contributed by atoms with Crippen LogP contribution in [0, 0.1) is 0 Å². The molecule has 1 fully saturated rings. The second-order valence-electron chi connectivity index (χ2n) is 5.34. The van der Waals surface area contributed by atoms with Crippen molar-refractivity contribution in [1.29, 1.82) is 0 Å². The fourth-order valence-electron chi connectivity index (χ4n) is 2.60. The van der Waals surface area contributed by atoms with Crippen LogP contribution in [0.4, 0.5) is 4.79 Å². The van der Waals surface area contributed by atoms with Crippen LogP contribution in [0.2, 0.25) is 0 Å². The van der Waals surface area contributed by atoms with Gasteiger partial charge in [-0.15, -0.1) is 11.8 Å². The van der Waals surface area contributed by atoms with Crippen molar-refractivity contribution in [2.75, 3.05) is 6.26 Å². The van der Waals surface area contributed by atoms with E-state index in [0.717, 1.165) is 33.2 Å². The average molecular weight is 368 g/mol. The zero-order valence-electron chi connectivity index (χ0n) is 13.1. The Morgan fingerprint density at radius 3 is 2.88 bits per heavy atom. The number of amides is 2. The Balaban J connectivity index is 1.80. The summed E-state index contributed by atoms with van der Waals surface area (Å²) in [6.07, 6.45) is 7.09. The maximum atomic E-state index is 11.7. The summed E-state index contributed by atoms with van der Waals surface area (Å²) >= 11 is 2.54. The Hall–Kier alpha value is -2.51. The van der Waals surface area contributed by atoms with Gasteiger partial charge in [0.05, 0.1) is 4.91 Å². The van der Waals surface area contributed by atoms with Crippen molar-refractivity contribution in [2.45, 2.75) is 4.90 Å². The first-order valence-electron chi connectivity index (χ1n) is 7.41. The van der Waals surface area contributed by atoms with E-state index in [2.05, 4.69) is 16.4 Å². The molecule has 2 amide bonds. The molecule has 3 heterocycles. The van der Waals surface area contributed by atoms with Crippen molar-refractivity contribution in [3.05, 3.63) is 53.4 Å². The molecule has 0 spiro atoms. The molecule has 25 heavy (non-hydrogen) atoms. The lowest BCUT2D eigenvalue weighted by atomic mass is 10.1. The van der Waals surface area contributed by atoms with Crippen molar-refractivity contribution in [2.24, 2.45) is 0 Å². The van der Waals surface area contributed by atoms with Crippen molar-refractivity contribution >= 4 is 51.7 Å². The summed E-state index contributed by atoms with van der Waals surface area (Å²) in [6, 6.07) is 9.95. The normalized spacial score (nSPS) is 16.0. The quantitative estimate of drug-likeness (QED) is 0.540. The Morgan fingerprint density at radius 2 is 2.12 bits per heavy atom. The Bertz CT molecular complexity index is 1040. The molecule has 0 atom stereocenters. The van der Waals surface area contributed by atoms with Crippen molar-refractivity contribution in [3.8, 4) is 11.1 Å². The lowest BCUT2D eigenvalue weighted by molar-refractivity contribution is -0.115. The van der Waals surface area contributed by atoms with Crippen LogP contribution in [0.15, 0.2) is 56.9 Å². The summed E-state index contributed by atoms with van der Waals surface area (Å²) in [7, 11) is 0. The molecule has 7 heteroatoms. The van der Waals surface area contributed by atoms with Crippen LogP contribution in [-0.4, -0.2) is 22.4 Å². The molecule has 1 N–H and O–H groups in total. The molecule has 1 saturated heterocycles. The van der Waals surface area contributed by atoms with Gasteiger partial charge in [-0.3, -0.25) is 19.9 Å². The number of thioether (sulfide) groups is 2. The molecule has 5 nitrogen and oxygen atoms in total. The van der Waals surface area contributed by atoms with Crippen molar-refractivity contribution in [1.82, 2.24) is 10.3 Å². The van der Waals surface area contributed by atoms with Crippen LogP contribution >= 0.6 is 23.5 Å².